The quantitative estimate of drug-likeness (QED) is 0.844. The number of hydrogen-bond donors (Lipinski definition) is 1. The van der Waals surface area contributed by atoms with E-state index in [-0.39, 0.29) is 5.75 Å². The number of pyridine rings is 1. The second-order valence-corrected chi connectivity index (χ2v) is 4.68. The topological polar surface area (TPSA) is 33.1 Å². The summed E-state index contributed by atoms with van der Waals surface area (Å²) in [7, 11) is 0. The highest BCUT2D eigenvalue weighted by Gasteiger charge is 2.18. The second kappa shape index (κ2) is 4.21. The van der Waals surface area contributed by atoms with Crippen LogP contribution in [0.4, 0.5) is 0 Å². The number of hydrogen-bond acceptors (Lipinski definition) is 2. The standard InChI is InChI=1S/C15H15NO/c17-15-8-14(9-16-10-15)13-6-4-12(5-7-13)11-2-1-3-11/h4-11,17H,1-3H2. The van der Waals surface area contributed by atoms with Gasteiger partial charge in [-0.05, 0) is 36.0 Å². The summed E-state index contributed by atoms with van der Waals surface area (Å²) in [6.45, 7) is 0. The van der Waals surface area contributed by atoms with E-state index in [1.165, 1.54) is 31.0 Å². The molecule has 2 aromatic rings. The first-order valence-corrected chi connectivity index (χ1v) is 6.07. The first-order valence-electron chi connectivity index (χ1n) is 6.07. The molecule has 0 radical (unpaired) electrons. The molecular formula is C15H15NO. The number of aromatic hydroxyl groups is 1. The maximum Gasteiger partial charge on any atom is 0.134 e. The van der Waals surface area contributed by atoms with Crippen molar-refractivity contribution in [2.45, 2.75) is 25.2 Å². The number of rotatable bonds is 2. The molecule has 2 heteroatoms. The molecule has 1 aliphatic rings. The van der Waals surface area contributed by atoms with Crippen LogP contribution in [0.15, 0.2) is 42.7 Å². The van der Waals surface area contributed by atoms with Crippen molar-refractivity contribution in [3.8, 4) is 16.9 Å². The molecule has 0 saturated heterocycles. The van der Waals surface area contributed by atoms with E-state index in [2.05, 4.69) is 29.2 Å². The van der Waals surface area contributed by atoms with E-state index in [4.69, 9.17) is 0 Å². The van der Waals surface area contributed by atoms with Gasteiger partial charge in [-0.25, -0.2) is 0 Å². The molecule has 1 fully saturated rings. The van der Waals surface area contributed by atoms with Gasteiger partial charge in [0.25, 0.3) is 0 Å². The molecule has 1 aromatic carbocycles. The summed E-state index contributed by atoms with van der Waals surface area (Å²) in [5.41, 5.74) is 3.51. The van der Waals surface area contributed by atoms with Gasteiger partial charge in [0.1, 0.15) is 5.75 Å². The molecule has 0 bridgehead atoms. The highest BCUT2D eigenvalue weighted by molar-refractivity contribution is 5.64. The minimum absolute atomic E-state index is 0.213. The first-order chi connectivity index (χ1) is 8.33. The van der Waals surface area contributed by atoms with Crippen LogP contribution in [-0.4, -0.2) is 10.1 Å². The lowest BCUT2D eigenvalue weighted by Gasteiger charge is -2.25. The Balaban J connectivity index is 1.88. The molecule has 0 amide bonds. The fourth-order valence-corrected chi connectivity index (χ4v) is 2.27. The van der Waals surface area contributed by atoms with Gasteiger partial charge in [0, 0.05) is 11.8 Å². The van der Waals surface area contributed by atoms with Crippen LogP contribution in [0.3, 0.4) is 0 Å². The van der Waals surface area contributed by atoms with Crippen LogP contribution in [0.2, 0.25) is 0 Å². The van der Waals surface area contributed by atoms with Crippen molar-refractivity contribution >= 4 is 0 Å². The Labute approximate surface area is 101 Å². The average molecular weight is 225 g/mol. The van der Waals surface area contributed by atoms with Crippen LogP contribution in [-0.2, 0) is 0 Å². The molecule has 0 aliphatic heterocycles. The van der Waals surface area contributed by atoms with E-state index in [1.54, 1.807) is 12.3 Å². The Hall–Kier alpha value is -1.83. The summed E-state index contributed by atoms with van der Waals surface area (Å²) in [5.74, 6) is 0.983. The monoisotopic (exact) mass is 225 g/mol. The van der Waals surface area contributed by atoms with Gasteiger partial charge in [-0.1, -0.05) is 30.7 Å². The Morgan fingerprint density at radius 2 is 1.76 bits per heavy atom. The second-order valence-electron chi connectivity index (χ2n) is 4.68. The van der Waals surface area contributed by atoms with Crippen LogP contribution in [0, 0.1) is 0 Å². The zero-order chi connectivity index (χ0) is 11.7. The lowest BCUT2D eigenvalue weighted by atomic mass is 9.80. The molecule has 0 spiro atoms. The molecule has 1 aliphatic carbocycles. The van der Waals surface area contributed by atoms with E-state index in [0.717, 1.165) is 17.0 Å². The lowest BCUT2D eigenvalue weighted by molar-refractivity contribution is 0.420. The molecule has 86 valence electrons. The maximum atomic E-state index is 9.40. The SMILES string of the molecule is Oc1cncc(-c2ccc(C3CCC3)cc2)c1. The van der Waals surface area contributed by atoms with E-state index in [0.29, 0.717) is 0 Å². The lowest BCUT2D eigenvalue weighted by Crippen LogP contribution is -2.08. The Morgan fingerprint density at radius 3 is 2.35 bits per heavy atom. The normalized spacial score (nSPS) is 15.5. The van der Waals surface area contributed by atoms with Gasteiger partial charge in [-0.2, -0.15) is 0 Å². The fraction of sp³-hybridized carbons (Fsp3) is 0.267. The first kappa shape index (κ1) is 10.3. The summed E-state index contributed by atoms with van der Waals surface area (Å²) in [5, 5.41) is 9.40. The van der Waals surface area contributed by atoms with Crippen molar-refractivity contribution in [2.75, 3.05) is 0 Å². The third-order valence-corrected chi connectivity index (χ3v) is 3.54. The van der Waals surface area contributed by atoms with E-state index < -0.39 is 0 Å². The summed E-state index contributed by atoms with van der Waals surface area (Å²) in [4.78, 5) is 4.00. The van der Waals surface area contributed by atoms with Crippen molar-refractivity contribution < 1.29 is 5.11 Å². The van der Waals surface area contributed by atoms with Crippen molar-refractivity contribution in [2.24, 2.45) is 0 Å². The summed E-state index contributed by atoms with van der Waals surface area (Å²) >= 11 is 0. The maximum absolute atomic E-state index is 9.40. The largest absolute Gasteiger partial charge is 0.506 e. The highest BCUT2D eigenvalue weighted by atomic mass is 16.3. The van der Waals surface area contributed by atoms with Gasteiger partial charge in [0.2, 0.25) is 0 Å². The van der Waals surface area contributed by atoms with E-state index in [9.17, 15) is 5.11 Å². The van der Waals surface area contributed by atoms with Crippen molar-refractivity contribution in [3.63, 3.8) is 0 Å². The predicted octanol–water partition coefficient (Wildman–Crippen LogP) is 3.72. The van der Waals surface area contributed by atoms with Gasteiger partial charge in [0.05, 0.1) is 6.20 Å². The smallest absolute Gasteiger partial charge is 0.134 e. The molecule has 1 aromatic heterocycles. The molecule has 3 rings (SSSR count). The molecule has 1 N–H and O–H groups in total. The van der Waals surface area contributed by atoms with Crippen LogP contribution in [0.1, 0.15) is 30.7 Å². The van der Waals surface area contributed by atoms with Gasteiger partial charge in [-0.3, -0.25) is 4.98 Å². The molecule has 0 atom stereocenters. The molecule has 0 unspecified atom stereocenters. The van der Waals surface area contributed by atoms with Crippen LogP contribution < -0.4 is 0 Å². The van der Waals surface area contributed by atoms with Gasteiger partial charge in [0.15, 0.2) is 0 Å². The Bertz CT molecular complexity index is 515. The van der Waals surface area contributed by atoms with E-state index >= 15 is 0 Å². The third-order valence-electron chi connectivity index (χ3n) is 3.54. The molecule has 17 heavy (non-hydrogen) atoms. The number of nitrogens with zero attached hydrogens (tertiary/aromatic N) is 1. The minimum atomic E-state index is 0.213. The summed E-state index contributed by atoms with van der Waals surface area (Å²) in [6.07, 6.45) is 7.24. The predicted molar refractivity (Wildman–Crippen MR) is 67.9 cm³/mol. The van der Waals surface area contributed by atoms with Gasteiger partial charge in [-0.15, -0.1) is 0 Å². The van der Waals surface area contributed by atoms with Gasteiger partial charge < -0.3 is 5.11 Å². The molecule has 2 nitrogen and oxygen atoms in total. The van der Waals surface area contributed by atoms with E-state index in [1.807, 2.05) is 0 Å². The van der Waals surface area contributed by atoms with Crippen LogP contribution in [0.5, 0.6) is 5.75 Å². The van der Waals surface area contributed by atoms with Crippen LogP contribution >= 0.6 is 0 Å². The number of benzene rings is 1. The summed E-state index contributed by atoms with van der Waals surface area (Å²) < 4.78 is 0. The van der Waals surface area contributed by atoms with Crippen molar-refractivity contribution in [3.05, 3.63) is 48.3 Å². The fourth-order valence-electron chi connectivity index (χ4n) is 2.27. The number of aromatic nitrogens is 1. The van der Waals surface area contributed by atoms with Crippen LogP contribution in [0.25, 0.3) is 11.1 Å². The Kier molecular flexibility index (Phi) is 2.56. The third kappa shape index (κ3) is 2.03. The Morgan fingerprint density at radius 1 is 1.00 bits per heavy atom. The van der Waals surface area contributed by atoms with Crippen molar-refractivity contribution in [1.82, 2.24) is 4.98 Å². The summed E-state index contributed by atoms with van der Waals surface area (Å²) in [6, 6.07) is 10.4. The molecule has 1 heterocycles. The molecule has 1 saturated carbocycles. The molecular weight excluding hydrogens is 210 g/mol. The van der Waals surface area contributed by atoms with Gasteiger partial charge >= 0.3 is 0 Å². The van der Waals surface area contributed by atoms with Crippen molar-refractivity contribution in [1.29, 1.82) is 0 Å². The zero-order valence-corrected chi connectivity index (χ0v) is 9.63. The zero-order valence-electron chi connectivity index (χ0n) is 9.63. The minimum Gasteiger partial charge on any atom is -0.506 e. The highest BCUT2D eigenvalue weighted by Crippen LogP contribution is 2.36. The average Bonchev–Trinajstić information content (AvgIpc) is 2.28.